The van der Waals surface area contributed by atoms with Crippen molar-refractivity contribution in [1.82, 2.24) is 5.32 Å². The van der Waals surface area contributed by atoms with Crippen LogP contribution in [0.3, 0.4) is 0 Å². The molecule has 3 N–H and O–H groups in total. The van der Waals surface area contributed by atoms with E-state index in [2.05, 4.69) is 38.2 Å². The fourth-order valence-electron chi connectivity index (χ4n) is 6.55. The predicted molar refractivity (Wildman–Crippen MR) is 209 cm³/mol. The zero-order chi connectivity index (χ0) is 36.0. The largest absolute Gasteiger partial charge is 0.462 e. The molecule has 0 aliphatic heterocycles. The van der Waals surface area contributed by atoms with Crippen LogP contribution in [0.25, 0.3) is 0 Å². The first-order chi connectivity index (χ1) is 24.0. The third-order valence-electron chi connectivity index (χ3n) is 9.83. The highest BCUT2D eigenvalue weighted by Crippen LogP contribution is 2.17. The van der Waals surface area contributed by atoms with Crippen molar-refractivity contribution >= 4 is 11.9 Å². The zero-order valence-corrected chi connectivity index (χ0v) is 32.8. The van der Waals surface area contributed by atoms with E-state index in [1.54, 1.807) is 0 Å². The highest BCUT2D eigenvalue weighted by atomic mass is 16.5. The molecule has 0 saturated carbocycles. The Kier molecular flexibility index (Phi) is 36.8. The number of aliphatic hydroxyl groups is 2. The van der Waals surface area contributed by atoms with Crippen molar-refractivity contribution in [3.05, 3.63) is 12.2 Å². The molecule has 0 radical (unpaired) electrons. The van der Waals surface area contributed by atoms with Gasteiger partial charge in [0.15, 0.2) is 0 Å². The van der Waals surface area contributed by atoms with E-state index in [0.29, 0.717) is 19.3 Å². The van der Waals surface area contributed by atoms with Crippen LogP contribution in [0.5, 0.6) is 0 Å². The lowest BCUT2D eigenvalue weighted by Crippen LogP contribution is -2.46. The number of unbranched alkanes of at least 4 members (excludes halogenated alkanes) is 24. The maximum absolute atomic E-state index is 13.0. The Hall–Kier alpha value is -1.40. The van der Waals surface area contributed by atoms with Crippen molar-refractivity contribution in [1.29, 1.82) is 0 Å². The second kappa shape index (κ2) is 37.8. The summed E-state index contributed by atoms with van der Waals surface area (Å²) in [5.41, 5.74) is 0. The third kappa shape index (κ3) is 33.5. The Morgan fingerprint density at radius 2 is 1.02 bits per heavy atom. The molecule has 0 aromatic carbocycles. The third-order valence-corrected chi connectivity index (χ3v) is 9.83. The molecule has 0 aromatic rings. The van der Waals surface area contributed by atoms with E-state index >= 15 is 0 Å². The summed E-state index contributed by atoms with van der Waals surface area (Å²) in [5, 5.41) is 23.5. The molecule has 0 bridgehead atoms. The average Bonchev–Trinajstić information content (AvgIpc) is 3.09. The number of carbonyl (C=O) groups is 2. The first-order valence-corrected chi connectivity index (χ1v) is 21.4. The van der Waals surface area contributed by atoms with Crippen LogP contribution >= 0.6 is 0 Å². The van der Waals surface area contributed by atoms with Gasteiger partial charge in [-0.25, -0.2) is 0 Å². The number of esters is 1. The molecular weight excluding hydrogens is 610 g/mol. The lowest BCUT2D eigenvalue weighted by Gasteiger charge is -2.24. The minimum Gasteiger partial charge on any atom is -0.462 e. The Morgan fingerprint density at radius 3 is 1.53 bits per heavy atom. The van der Waals surface area contributed by atoms with Gasteiger partial charge >= 0.3 is 5.97 Å². The first kappa shape index (κ1) is 47.6. The van der Waals surface area contributed by atoms with E-state index in [1.807, 2.05) is 0 Å². The van der Waals surface area contributed by atoms with Crippen molar-refractivity contribution in [2.75, 3.05) is 6.61 Å². The fourth-order valence-corrected chi connectivity index (χ4v) is 6.55. The molecule has 0 saturated heterocycles. The summed E-state index contributed by atoms with van der Waals surface area (Å²) in [6.07, 6.45) is 38.5. The monoisotopic (exact) mass is 694 g/mol. The number of allylic oxidation sites excluding steroid dienone is 2. The number of hydrogen-bond acceptors (Lipinski definition) is 5. The smallest absolute Gasteiger partial charge is 0.306 e. The number of nitrogens with one attached hydrogen (secondary N) is 1. The van der Waals surface area contributed by atoms with Gasteiger partial charge in [0.05, 0.1) is 25.2 Å². The van der Waals surface area contributed by atoms with E-state index in [1.165, 1.54) is 109 Å². The van der Waals surface area contributed by atoms with E-state index in [9.17, 15) is 19.8 Å². The van der Waals surface area contributed by atoms with Gasteiger partial charge in [0.2, 0.25) is 5.91 Å². The van der Waals surface area contributed by atoms with Crippen LogP contribution in [-0.4, -0.2) is 46.9 Å². The highest BCUT2D eigenvalue weighted by Gasteiger charge is 2.24. The van der Waals surface area contributed by atoms with Gasteiger partial charge in [-0.05, 0) is 44.9 Å². The maximum Gasteiger partial charge on any atom is 0.306 e. The number of amides is 1. The van der Waals surface area contributed by atoms with Crippen LogP contribution < -0.4 is 5.32 Å². The van der Waals surface area contributed by atoms with E-state index < -0.39 is 18.2 Å². The Labute approximate surface area is 304 Å². The van der Waals surface area contributed by atoms with Crippen molar-refractivity contribution in [3.63, 3.8) is 0 Å². The molecule has 49 heavy (non-hydrogen) atoms. The number of ether oxygens (including phenoxy) is 1. The second-order valence-corrected chi connectivity index (χ2v) is 14.7. The molecule has 6 heteroatoms. The van der Waals surface area contributed by atoms with Gasteiger partial charge in [-0.15, -0.1) is 0 Å². The molecule has 0 aliphatic carbocycles. The second-order valence-electron chi connectivity index (χ2n) is 14.7. The van der Waals surface area contributed by atoms with Crippen LogP contribution in [0.15, 0.2) is 12.2 Å². The molecule has 3 unspecified atom stereocenters. The van der Waals surface area contributed by atoms with Crippen LogP contribution in [-0.2, 0) is 14.3 Å². The van der Waals surface area contributed by atoms with Gasteiger partial charge in [-0.3, -0.25) is 9.59 Å². The summed E-state index contributed by atoms with van der Waals surface area (Å²) >= 11 is 0. The maximum atomic E-state index is 13.0. The van der Waals surface area contributed by atoms with Crippen molar-refractivity contribution in [2.24, 2.45) is 0 Å². The zero-order valence-electron chi connectivity index (χ0n) is 32.8. The Morgan fingerprint density at radius 1 is 0.571 bits per heavy atom. The number of carbonyl (C=O) groups excluding carboxylic acids is 2. The Balaban J connectivity index is 4.50. The summed E-state index contributed by atoms with van der Waals surface area (Å²) in [6, 6.07) is -0.696. The lowest BCUT2D eigenvalue weighted by molar-refractivity contribution is -0.151. The predicted octanol–water partition coefficient (Wildman–Crippen LogP) is 11.8. The van der Waals surface area contributed by atoms with Crippen molar-refractivity contribution in [2.45, 2.75) is 244 Å². The molecule has 1 amide bonds. The van der Waals surface area contributed by atoms with E-state index in [4.69, 9.17) is 4.74 Å². The summed E-state index contributed by atoms with van der Waals surface area (Å²) in [7, 11) is 0. The van der Waals surface area contributed by atoms with Crippen molar-refractivity contribution in [3.8, 4) is 0 Å². The topological polar surface area (TPSA) is 95.9 Å². The van der Waals surface area contributed by atoms with E-state index in [0.717, 1.165) is 70.6 Å². The standard InChI is InChI=1S/C43H83NO5/c1-4-7-10-13-16-19-21-22-23-26-29-32-35-41(46)40(38-45)44-42(47)37-39(34-31-28-25-18-15-12-9-6-3)49-43(48)36-33-30-27-24-20-17-14-11-8-5-2/h12,15,39-41,45-46H,4-11,13-14,16-38H2,1-3H3,(H,44,47)/b15-12-. The van der Waals surface area contributed by atoms with Gasteiger partial charge in [-0.1, -0.05) is 181 Å². The fraction of sp³-hybridized carbons (Fsp3) is 0.907. The Bertz CT molecular complexity index is 742. The molecule has 0 rings (SSSR count). The molecule has 6 nitrogen and oxygen atoms in total. The minimum absolute atomic E-state index is 0.0714. The lowest BCUT2D eigenvalue weighted by atomic mass is 10.0. The number of aliphatic hydroxyl groups excluding tert-OH is 2. The summed E-state index contributed by atoms with van der Waals surface area (Å²) in [4.78, 5) is 25.8. The van der Waals surface area contributed by atoms with Gasteiger partial charge in [-0.2, -0.15) is 0 Å². The SMILES string of the molecule is CCC/C=C\CCCCCC(CC(=O)NC(CO)C(O)CCCCCCCCCCCCCC)OC(=O)CCCCCCCCCCCC. The number of hydrogen-bond donors (Lipinski definition) is 3. The van der Waals surface area contributed by atoms with Crippen LogP contribution in [0, 0.1) is 0 Å². The summed E-state index contributed by atoms with van der Waals surface area (Å²) in [6.45, 7) is 6.38. The average molecular weight is 694 g/mol. The normalized spacial score (nSPS) is 13.5. The van der Waals surface area contributed by atoms with Gasteiger partial charge in [0, 0.05) is 6.42 Å². The van der Waals surface area contributed by atoms with Crippen LogP contribution in [0.1, 0.15) is 226 Å². The molecule has 0 aliphatic rings. The van der Waals surface area contributed by atoms with Crippen molar-refractivity contribution < 1.29 is 24.5 Å². The van der Waals surface area contributed by atoms with Gasteiger partial charge < -0.3 is 20.3 Å². The molecule has 290 valence electrons. The van der Waals surface area contributed by atoms with Crippen LogP contribution in [0.4, 0.5) is 0 Å². The van der Waals surface area contributed by atoms with Gasteiger partial charge in [0.1, 0.15) is 6.10 Å². The van der Waals surface area contributed by atoms with Gasteiger partial charge in [0.25, 0.3) is 0 Å². The molecule has 0 aromatic heterocycles. The summed E-state index contributed by atoms with van der Waals surface area (Å²) in [5.74, 6) is -0.488. The first-order valence-electron chi connectivity index (χ1n) is 21.4. The molecule has 0 fully saturated rings. The van der Waals surface area contributed by atoms with E-state index in [-0.39, 0.29) is 24.9 Å². The number of rotatable bonds is 38. The quantitative estimate of drug-likeness (QED) is 0.0340. The molecule has 0 heterocycles. The molecular formula is C43H83NO5. The highest BCUT2D eigenvalue weighted by molar-refractivity contribution is 5.77. The minimum atomic E-state index is -0.782. The molecule has 0 spiro atoms. The summed E-state index contributed by atoms with van der Waals surface area (Å²) < 4.78 is 5.85. The van der Waals surface area contributed by atoms with Crippen LogP contribution in [0.2, 0.25) is 0 Å². The molecule has 3 atom stereocenters.